The van der Waals surface area contributed by atoms with Crippen molar-refractivity contribution in [2.75, 3.05) is 31.1 Å². The van der Waals surface area contributed by atoms with Crippen LogP contribution in [0.2, 0.25) is 10.0 Å². The maximum Gasteiger partial charge on any atom is 0.248 e. The summed E-state index contributed by atoms with van der Waals surface area (Å²) in [4.78, 5) is 27.4. The van der Waals surface area contributed by atoms with Gasteiger partial charge in [0, 0.05) is 42.3 Å². The standard InChI is InChI=1S/C27H28Cl2N4O3/c1-27(36,20-7-2-18(3-8-20)25(30)34)16-32-12-13-33(23-11-6-19(26(31)35)14-22(23)29)24(15-32)17-4-9-21(28)10-5-17/h2-11,14,24,36H,12-13,15-16H2,1H3,(H2,30,34)(H2,31,35)/t24?,27-/m1/s1. The summed E-state index contributed by atoms with van der Waals surface area (Å²) in [6.45, 7) is 4.07. The minimum atomic E-state index is -1.15. The number of rotatable bonds is 7. The zero-order valence-electron chi connectivity index (χ0n) is 19.8. The van der Waals surface area contributed by atoms with Crippen molar-refractivity contribution in [1.82, 2.24) is 4.90 Å². The summed E-state index contributed by atoms with van der Waals surface area (Å²) in [7, 11) is 0. The molecular formula is C27H28Cl2N4O3. The molecule has 1 fully saturated rings. The van der Waals surface area contributed by atoms with Crippen molar-refractivity contribution in [2.45, 2.75) is 18.6 Å². The number of hydrogen-bond acceptors (Lipinski definition) is 5. The molecule has 0 bridgehead atoms. The molecule has 0 radical (unpaired) electrons. The lowest BCUT2D eigenvalue weighted by Crippen LogP contribution is -2.52. The van der Waals surface area contributed by atoms with Crippen LogP contribution in [0, 0.1) is 0 Å². The molecule has 1 heterocycles. The van der Waals surface area contributed by atoms with Crippen LogP contribution < -0.4 is 16.4 Å². The lowest BCUT2D eigenvalue weighted by molar-refractivity contribution is 0.0103. The molecule has 0 aromatic heterocycles. The molecule has 0 spiro atoms. The zero-order chi connectivity index (χ0) is 26.0. The van der Waals surface area contributed by atoms with Gasteiger partial charge in [-0.05, 0) is 60.5 Å². The van der Waals surface area contributed by atoms with Crippen LogP contribution in [0.4, 0.5) is 5.69 Å². The predicted octanol–water partition coefficient (Wildman–Crippen LogP) is 3.96. The van der Waals surface area contributed by atoms with Gasteiger partial charge in [-0.2, -0.15) is 0 Å². The van der Waals surface area contributed by atoms with E-state index in [-0.39, 0.29) is 6.04 Å². The Labute approximate surface area is 220 Å². The first-order valence-electron chi connectivity index (χ1n) is 11.5. The maximum atomic E-state index is 11.6. The number of β-amino-alcohol motifs (C(OH)–C–C–N with tert-alkyl or cyclic N) is 1. The number of hydrogen-bond donors (Lipinski definition) is 3. The van der Waals surface area contributed by atoms with E-state index in [2.05, 4.69) is 9.80 Å². The number of aliphatic hydroxyl groups is 1. The fraction of sp³-hybridized carbons (Fsp3) is 0.259. The number of piperazine rings is 1. The fourth-order valence-electron chi connectivity index (χ4n) is 4.65. The highest BCUT2D eigenvalue weighted by Gasteiger charge is 2.34. The van der Waals surface area contributed by atoms with Crippen molar-refractivity contribution < 1.29 is 14.7 Å². The molecule has 4 rings (SSSR count). The number of carbonyl (C=O) groups excluding carboxylic acids is 2. The largest absolute Gasteiger partial charge is 0.384 e. The minimum Gasteiger partial charge on any atom is -0.384 e. The number of benzene rings is 3. The SMILES string of the molecule is C[C@@](O)(CN1CCN(c2ccc(C(N)=O)cc2Cl)C(c2ccc(Cl)cc2)C1)c1ccc(C(N)=O)cc1. The number of nitrogens with two attached hydrogens (primary N) is 2. The van der Waals surface area contributed by atoms with Gasteiger partial charge in [0.15, 0.2) is 0 Å². The molecular weight excluding hydrogens is 499 g/mol. The van der Waals surface area contributed by atoms with Crippen LogP contribution in [0.1, 0.15) is 44.8 Å². The lowest BCUT2D eigenvalue weighted by Gasteiger charge is -2.45. The number of primary amides is 2. The number of carbonyl (C=O) groups is 2. The molecule has 2 atom stereocenters. The summed E-state index contributed by atoms with van der Waals surface area (Å²) in [5.74, 6) is -1.04. The van der Waals surface area contributed by atoms with E-state index in [1.54, 1.807) is 43.3 Å². The molecule has 3 aromatic rings. The number of anilines is 1. The van der Waals surface area contributed by atoms with Gasteiger partial charge in [-0.25, -0.2) is 0 Å². The van der Waals surface area contributed by atoms with Crippen LogP contribution >= 0.6 is 23.2 Å². The monoisotopic (exact) mass is 526 g/mol. The van der Waals surface area contributed by atoms with Crippen molar-refractivity contribution in [3.8, 4) is 0 Å². The van der Waals surface area contributed by atoms with Crippen LogP contribution in [0.5, 0.6) is 0 Å². The summed E-state index contributed by atoms with van der Waals surface area (Å²) in [6.07, 6.45) is 0. The maximum absolute atomic E-state index is 11.6. The van der Waals surface area contributed by atoms with Crippen LogP contribution in [0.3, 0.4) is 0 Å². The van der Waals surface area contributed by atoms with Crippen molar-refractivity contribution >= 4 is 40.7 Å². The van der Waals surface area contributed by atoms with Crippen molar-refractivity contribution in [3.63, 3.8) is 0 Å². The van der Waals surface area contributed by atoms with Gasteiger partial charge in [0.25, 0.3) is 0 Å². The predicted molar refractivity (Wildman–Crippen MR) is 142 cm³/mol. The molecule has 0 aliphatic carbocycles. The van der Waals surface area contributed by atoms with Crippen molar-refractivity contribution in [1.29, 1.82) is 0 Å². The summed E-state index contributed by atoms with van der Waals surface area (Å²) >= 11 is 12.7. The normalized spacial score (nSPS) is 18.0. The van der Waals surface area contributed by atoms with Gasteiger partial charge in [-0.1, -0.05) is 47.5 Å². The van der Waals surface area contributed by atoms with Crippen molar-refractivity contribution in [3.05, 3.63) is 99.0 Å². The number of halogens is 2. The molecule has 7 nitrogen and oxygen atoms in total. The van der Waals surface area contributed by atoms with Crippen LogP contribution in [-0.4, -0.2) is 48.0 Å². The van der Waals surface area contributed by atoms with E-state index >= 15 is 0 Å². The Kier molecular flexibility index (Phi) is 7.57. The molecule has 3 aromatic carbocycles. The van der Waals surface area contributed by atoms with E-state index in [4.69, 9.17) is 34.7 Å². The van der Waals surface area contributed by atoms with Crippen LogP contribution in [0.15, 0.2) is 66.7 Å². The molecule has 36 heavy (non-hydrogen) atoms. The third-order valence-electron chi connectivity index (χ3n) is 6.58. The fourth-order valence-corrected chi connectivity index (χ4v) is 5.07. The van der Waals surface area contributed by atoms with E-state index in [1.807, 2.05) is 30.3 Å². The highest BCUT2D eigenvalue weighted by molar-refractivity contribution is 6.33. The average Bonchev–Trinajstić information content (AvgIpc) is 2.84. The molecule has 188 valence electrons. The summed E-state index contributed by atoms with van der Waals surface area (Å²) in [6, 6.07) is 19.4. The Balaban J connectivity index is 1.60. The Bertz CT molecular complexity index is 1260. The summed E-state index contributed by atoms with van der Waals surface area (Å²) in [5, 5.41) is 12.4. The number of nitrogens with zero attached hydrogens (tertiary/aromatic N) is 2. The summed E-state index contributed by atoms with van der Waals surface area (Å²) < 4.78 is 0. The molecule has 1 unspecified atom stereocenters. The minimum absolute atomic E-state index is 0.0824. The van der Waals surface area contributed by atoms with E-state index in [9.17, 15) is 14.7 Å². The second-order valence-electron chi connectivity index (χ2n) is 9.24. The number of amides is 2. The van der Waals surface area contributed by atoms with E-state index in [1.165, 1.54) is 0 Å². The van der Waals surface area contributed by atoms with Gasteiger partial charge in [-0.3, -0.25) is 14.5 Å². The first-order valence-corrected chi connectivity index (χ1v) is 12.3. The first-order chi connectivity index (χ1) is 17.0. The average molecular weight is 527 g/mol. The van der Waals surface area contributed by atoms with Gasteiger partial charge in [0.2, 0.25) is 11.8 Å². The smallest absolute Gasteiger partial charge is 0.248 e. The quantitative estimate of drug-likeness (QED) is 0.431. The van der Waals surface area contributed by atoms with Gasteiger partial charge in [-0.15, -0.1) is 0 Å². The molecule has 9 heteroatoms. The highest BCUT2D eigenvalue weighted by atomic mass is 35.5. The van der Waals surface area contributed by atoms with E-state index < -0.39 is 17.4 Å². The molecule has 0 saturated carbocycles. The Morgan fingerprint density at radius 1 is 0.944 bits per heavy atom. The Hall–Kier alpha value is -3.10. The van der Waals surface area contributed by atoms with Gasteiger partial charge in [0.1, 0.15) is 0 Å². The topological polar surface area (TPSA) is 113 Å². The van der Waals surface area contributed by atoms with E-state index in [0.717, 1.165) is 11.3 Å². The zero-order valence-corrected chi connectivity index (χ0v) is 21.3. The molecule has 2 amide bonds. The summed E-state index contributed by atoms with van der Waals surface area (Å²) in [5.41, 5.74) is 12.9. The van der Waals surface area contributed by atoms with Gasteiger partial charge >= 0.3 is 0 Å². The Morgan fingerprint density at radius 3 is 2.14 bits per heavy atom. The third-order valence-corrected chi connectivity index (χ3v) is 7.14. The Morgan fingerprint density at radius 2 is 1.56 bits per heavy atom. The second kappa shape index (κ2) is 10.5. The molecule has 1 aliphatic rings. The molecule has 5 N–H and O–H groups in total. The van der Waals surface area contributed by atoms with Gasteiger partial charge < -0.3 is 21.5 Å². The van der Waals surface area contributed by atoms with Crippen LogP contribution in [-0.2, 0) is 5.60 Å². The van der Waals surface area contributed by atoms with Gasteiger partial charge in [0.05, 0.1) is 22.4 Å². The molecule has 1 saturated heterocycles. The lowest BCUT2D eigenvalue weighted by atomic mass is 9.93. The molecule has 1 aliphatic heterocycles. The second-order valence-corrected chi connectivity index (χ2v) is 10.1. The third kappa shape index (κ3) is 5.65. The van der Waals surface area contributed by atoms with Crippen LogP contribution in [0.25, 0.3) is 0 Å². The van der Waals surface area contributed by atoms with Crippen molar-refractivity contribution in [2.24, 2.45) is 11.5 Å². The first kappa shape index (κ1) is 26.0. The van der Waals surface area contributed by atoms with E-state index in [0.29, 0.717) is 52.9 Å². The highest BCUT2D eigenvalue weighted by Crippen LogP contribution is 2.37.